The molecule has 1 saturated heterocycles. The molecule has 128 valence electrons. The summed E-state index contributed by atoms with van der Waals surface area (Å²) in [6.45, 7) is 5.40. The van der Waals surface area contributed by atoms with Crippen molar-refractivity contribution in [2.75, 3.05) is 19.7 Å². The molecule has 0 aliphatic carbocycles. The maximum absolute atomic E-state index is 12.5. The number of piperidine rings is 1. The molecular weight excluding hydrogens is 310 g/mol. The van der Waals surface area contributed by atoms with Gasteiger partial charge in [-0.3, -0.25) is 9.78 Å². The number of hydrogen-bond donors (Lipinski definition) is 0. The van der Waals surface area contributed by atoms with Crippen LogP contribution in [0.15, 0.2) is 16.9 Å². The van der Waals surface area contributed by atoms with E-state index in [1.807, 2.05) is 6.92 Å². The van der Waals surface area contributed by atoms with E-state index in [1.165, 1.54) is 6.20 Å². The third-order valence-electron chi connectivity index (χ3n) is 3.91. The number of rotatable bonds is 5. The molecule has 2 aromatic heterocycles. The Balaban J connectivity index is 1.50. The van der Waals surface area contributed by atoms with Gasteiger partial charge in [-0.1, -0.05) is 5.16 Å². The molecule has 3 heterocycles. The SMILES string of the molecule is Cc1cnc(C(=O)N2CCCC(OCCc3noc(C)n3)C2)cn1. The average molecular weight is 331 g/mol. The van der Waals surface area contributed by atoms with E-state index in [0.717, 1.165) is 25.1 Å². The second-order valence-corrected chi connectivity index (χ2v) is 5.91. The van der Waals surface area contributed by atoms with Gasteiger partial charge in [-0.2, -0.15) is 4.98 Å². The van der Waals surface area contributed by atoms with E-state index in [9.17, 15) is 4.79 Å². The molecule has 8 nitrogen and oxygen atoms in total. The summed E-state index contributed by atoms with van der Waals surface area (Å²) in [5, 5.41) is 3.84. The third kappa shape index (κ3) is 4.14. The van der Waals surface area contributed by atoms with E-state index < -0.39 is 0 Å². The van der Waals surface area contributed by atoms with E-state index in [1.54, 1.807) is 18.0 Å². The Hall–Kier alpha value is -2.35. The minimum absolute atomic E-state index is 0.0223. The van der Waals surface area contributed by atoms with E-state index in [2.05, 4.69) is 20.1 Å². The minimum Gasteiger partial charge on any atom is -0.376 e. The fourth-order valence-electron chi connectivity index (χ4n) is 2.68. The Bertz CT molecular complexity index is 685. The summed E-state index contributed by atoms with van der Waals surface area (Å²) in [6.07, 6.45) is 5.62. The highest BCUT2D eigenvalue weighted by atomic mass is 16.5. The van der Waals surface area contributed by atoms with Gasteiger partial charge < -0.3 is 14.2 Å². The maximum atomic E-state index is 12.5. The van der Waals surface area contributed by atoms with Gasteiger partial charge in [0.15, 0.2) is 5.82 Å². The van der Waals surface area contributed by atoms with Gasteiger partial charge in [0.2, 0.25) is 5.89 Å². The van der Waals surface area contributed by atoms with Crippen molar-refractivity contribution in [1.82, 2.24) is 25.0 Å². The summed E-state index contributed by atoms with van der Waals surface area (Å²) in [7, 11) is 0. The van der Waals surface area contributed by atoms with Crippen LogP contribution in [0.3, 0.4) is 0 Å². The molecule has 3 rings (SSSR count). The molecule has 0 N–H and O–H groups in total. The molecule has 0 spiro atoms. The Morgan fingerprint density at radius 2 is 2.25 bits per heavy atom. The summed E-state index contributed by atoms with van der Waals surface area (Å²) in [5.41, 5.74) is 1.17. The molecule has 1 fully saturated rings. The van der Waals surface area contributed by atoms with Gasteiger partial charge >= 0.3 is 0 Å². The number of ether oxygens (including phenoxy) is 1. The van der Waals surface area contributed by atoms with Crippen molar-refractivity contribution in [2.45, 2.75) is 39.2 Å². The molecule has 2 aromatic rings. The average Bonchev–Trinajstić information content (AvgIpc) is 3.00. The molecule has 1 aliphatic heterocycles. The fourth-order valence-corrected chi connectivity index (χ4v) is 2.68. The van der Waals surface area contributed by atoms with Crippen LogP contribution in [0.25, 0.3) is 0 Å². The molecule has 1 atom stereocenters. The van der Waals surface area contributed by atoms with E-state index >= 15 is 0 Å². The van der Waals surface area contributed by atoms with Crippen molar-refractivity contribution < 1.29 is 14.1 Å². The van der Waals surface area contributed by atoms with Crippen LogP contribution < -0.4 is 0 Å². The Kier molecular flexibility index (Phi) is 5.14. The highest BCUT2D eigenvalue weighted by Crippen LogP contribution is 2.15. The number of nitrogens with zero attached hydrogens (tertiary/aromatic N) is 5. The second kappa shape index (κ2) is 7.48. The van der Waals surface area contributed by atoms with Crippen LogP contribution >= 0.6 is 0 Å². The highest BCUT2D eigenvalue weighted by molar-refractivity contribution is 5.92. The lowest BCUT2D eigenvalue weighted by atomic mass is 10.1. The first-order valence-electron chi connectivity index (χ1n) is 8.10. The van der Waals surface area contributed by atoms with Crippen LogP contribution in [0, 0.1) is 13.8 Å². The predicted octanol–water partition coefficient (Wildman–Crippen LogP) is 1.34. The van der Waals surface area contributed by atoms with Gasteiger partial charge in [0.05, 0.1) is 24.6 Å². The molecule has 1 amide bonds. The van der Waals surface area contributed by atoms with Crippen molar-refractivity contribution in [3.63, 3.8) is 0 Å². The smallest absolute Gasteiger partial charge is 0.274 e. The van der Waals surface area contributed by atoms with Gasteiger partial charge in [0.1, 0.15) is 5.69 Å². The number of likely N-dealkylation sites (tertiary alicyclic amines) is 1. The quantitative estimate of drug-likeness (QED) is 0.816. The fraction of sp³-hybridized carbons (Fsp3) is 0.562. The van der Waals surface area contributed by atoms with Crippen LogP contribution in [0.4, 0.5) is 0 Å². The highest BCUT2D eigenvalue weighted by Gasteiger charge is 2.25. The minimum atomic E-state index is -0.0930. The summed E-state index contributed by atoms with van der Waals surface area (Å²) >= 11 is 0. The number of carbonyl (C=O) groups is 1. The standard InChI is InChI=1S/C16H21N5O3/c1-11-8-18-14(9-17-11)16(22)21-6-3-4-13(10-21)23-7-5-15-19-12(2)24-20-15/h8-9,13H,3-7,10H2,1-2H3. The van der Waals surface area contributed by atoms with Crippen LogP contribution in [0.1, 0.15) is 40.7 Å². The number of aryl methyl sites for hydroxylation is 2. The zero-order chi connectivity index (χ0) is 16.9. The summed E-state index contributed by atoms with van der Waals surface area (Å²) in [6, 6.07) is 0. The molecule has 8 heteroatoms. The van der Waals surface area contributed by atoms with Crippen LogP contribution in [0.5, 0.6) is 0 Å². The van der Waals surface area contributed by atoms with Crippen molar-refractivity contribution >= 4 is 5.91 Å². The molecule has 0 radical (unpaired) electrons. The predicted molar refractivity (Wildman–Crippen MR) is 84.4 cm³/mol. The number of hydrogen-bond acceptors (Lipinski definition) is 7. The first-order chi connectivity index (χ1) is 11.6. The molecule has 1 unspecified atom stereocenters. The Morgan fingerprint density at radius 1 is 1.38 bits per heavy atom. The number of carbonyl (C=O) groups excluding carboxylic acids is 1. The molecular formula is C16H21N5O3. The maximum Gasteiger partial charge on any atom is 0.274 e. The Morgan fingerprint density at radius 3 is 2.96 bits per heavy atom. The van der Waals surface area contributed by atoms with Crippen molar-refractivity contribution in [3.8, 4) is 0 Å². The summed E-state index contributed by atoms with van der Waals surface area (Å²) in [4.78, 5) is 26.7. The first kappa shape index (κ1) is 16.5. The van der Waals surface area contributed by atoms with Crippen molar-refractivity contribution in [2.24, 2.45) is 0 Å². The number of amides is 1. The van der Waals surface area contributed by atoms with Gasteiger partial charge in [-0.25, -0.2) is 4.98 Å². The lowest BCUT2D eigenvalue weighted by Crippen LogP contribution is -2.43. The third-order valence-corrected chi connectivity index (χ3v) is 3.91. The zero-order valence-electron chi connectivity index (χ0n) is 13.9. The van der Waals surface area contributed by atoms with Gasteiger partial charge in [-0.15, -0.1) is 0 Å². The molecule has 24 heavy (non-hydrogen) atoms. The normalized spacial score (nSPS) is 17.9. The van der Waals surface area contributed by atoms with E-state index in [4.69, 9.17) is 9.26 Å². The van der Waals surface area contributed by atoms with E-state index in [0.29, 0.717) is 37.0 Å². The molecule has 0 aromatic carbocycles. The van der Waals surface area contributed by atoms with Crippen LogP contribution in [-0.2, 0) is 11.2 Å². The zero-order valence-corrected chi connectivity index (χ0v) is 13.9. The first-order valence-corrected chi connectivity index (χ1v) is 8.10. The summed E-state index contributed by atoms with van der Waals surface area (Å²) in [5.74, 6) is 1.11. The lowest BCUT2D eigenvalue weighted by molar-refractivity contribution is 0.00230. The number of aromatic nitrogens is 4. The topological polar surface area (TPSA) is 94.2 Å². The van der Waals surface area contributed by atoms with Crippen LogP contribution in [0.2, 0.25) is 0 Å². The monoisotopic (exact) mass is 331 g/mol. The van der Waals surface area contributed by atoms with Gasteiger partial charge in [0.25, 0.3) is 5.91 Å². The van der Waals surface area contributed by atoms with Crippen LogP contribution in [-0.4, -0.2) is 56.7 Å². The van der Waals surface area contributed by atoms with Crippen molar-refractivity contribution in [3.05, 3.63) is 35.5 Å². The van der Waals surface area contributed by atoms with Crippen molar-refractivity contribution in [1.29, 1.82) is 0 Å². The second-order valence-electron chi connectivity index (χ2n) is 5.91. The molecule has 1 aliphatic rings. The van der Waals surface area contributed by atoms with Gasteiger partial charge in [0, 0.05) is 32.6 Å². The molecule has 0 saturated carbocycles. The largest absolute Gasteiger partial charge is 0.376 e. The summed E-state index contributed by atoms with van der Waals surface area (Å²) < 4.78 is 10.8. The molecule has 0 bridgehead atoms. The van der Waals surface area contributed by atoms with E-state index in [-0.39, 0.29) is 12.0 Å². The lowest BCUT2D eigenvalue weighted by Gasteiger charge is -2.32. The Labute approximate surface area is 140 Å². The van der Waals surface area contributed by atoms with Gasteiger partial charge in [-0.05, 0) is 19.8 Å².